The number of hydrogen-bond donors (Lipinski definition) is 0. The monoisotopic (exact) mass is 379 g/mol. The van der Waals surface area contributed by atoms with Crippen molar-refractivity contribution in [3.05, 3.63) is 58.1 Å². The van der Waals surface area contributed by atoms with Crippen molar-refractivity contribution in [1.29, 1.82) is 0 Å². The maximum atomic E-state index is 14.0. The lowest BCUT2D eigenvalue weighted by Crippen LogP contribution is -2.46. The Morgan fingerprint density at radius 1 is 1.08 bits per heavy atom. The normalized spacial score (nSPS) is 19.4. The number of halogens is 3. The summed E-state index contributed by atoms with van der Waals surface area (Å²) in [6, 6.07) is 7.60. The Morgan fingerprint density at radius 2 is 1.76 bits per heavy atom. The number of nitrogens with zero attached hydrogens (tertiary/aromatic N) is 1. The molecule has 4 rings (SSSR count). The summed E-state index contributed by atoms with van der Waals surface area (Å²) in [5.41, 5.74) is 0.306. The molecule has 2 aromatic carbocycles. The van der Waals surface area contributed by atoms with Crippen LogP contribution in [0.3, 0.4) is 0 Å². The van der Waals surface area contributed by atoms with Gasteiger partial charge < -0.3 is 4.90 Å². The van der Waals surface area contributed by atoms with Crippen molar-refractivity contribution in [2.24, 2.45) is 0 Å². The van der Waals surface area contributed by atoms with E-state index in [4.69, 9.17) is 11.6 Å². The highest BCUT2D eigenvalue weighted by molar-refractivity contribution is 7.99. The molecule has 1 fully saturated rings. The SMILES string of the molecule is CN1CCC2(CC1)C(=O)c1cc(Cl)ccc1Sc1cc(F)c(F)cc12. The van der Waals surface area contributed by atoms with Crippen molar-refractivity contribution in [3.8, 4) is 0 Å². The summed E-state index contributed by atoms with van der Waals surface area (Å²) < 4.78 is 27.9. The fraction of sp³-hybridized carbons (Fsp3) is 0.316. The maximum absolute atomic E-state index is 14.0. The largest absolute Gasteiger partial charge is 0.306 e. The average molecular weight is 380 g/mol. The first-order valence-corrected chi connectivity index (χ1v) is 9.30. The van der Waals surface area contributed by atoms with Crippen LogP contribution in [0.25, 0.3) is 0 Å². The van der Waals surface area contributed by atoms with Crippen LogP contribution in [0.15, 0.2) is 40.1 Å². The van der Waals surface area contributed by atoms with E-state index in [1.807, 2.05) is 7.05 Å². The fourth-order valence-electron chi connectivity index (χ4n) is 3.75. The van der Waals surface area contributed by atoms with Crippen molar-refractivity contribution in [3.63, 3.8) is 0 Å². The molecule has 0 bridgehead atoms. The number of piperidine rings is 1. The zero-order valence-corrected chi connectivity index (χ0v) is 15.2. The average Bonchev–Trinajstić information content (AvgIpc) is 2.67. The Balaban J connectivity index is 1.98. The van der Waals surface area contributed by atoms with Gasteiger partial charge in [0.15, 0.2) is 17.4 Å². The third kappa shape index (κ3) is 2.69. The molecule has 2 aliphatic heterocycles. The second-order valence-electron chi connectivity index (χ2n) is 6.72. The zero-order chi connectivity index (χ0) is 17.8. The summed E-state index contributed by atoms with van der Waals surface area (Å²) in [6.07, 6.45) is 1.15. The number of benzene rings is 2. The first-order valence-electron chi connectivity index (χ1n) is 8.11. The summed E-state index contributed by atoms with van der Waals surface area (Å²) in [7, 11) is 2.00. The Labute approximate surface area is 154 Å². The summed E-state index contributed by atoms with van der Waals surface area (Å²) in [5, 5.41) is 0.485. The second-order valence-corrected chi connectivity index (χ2v) is 8.24. The van der Waals surface area contributed by atoms with Crippen LogP contribution in [-0.4, -0.2) is 30.8 Å². The van der Waals surface area contributed by atoms with Gasteiger partial charge in [-0.2, -0.15) is 0 Å². The summed E-state index contributed by atoms with van der Waals surface area (Å²) >= 11 is 7.43. The lowest BCUT2D eigenvalue weighted by Gasteiger charge is -2.40. The number of rotatable bonds is 0. The van der Waals surface area contributed by atoms with Crippen LogP contribution < -0.4 is 0 Å². The van der Waals surface area contributed by atoms with Crippen LogP contribution in [-0.2, 0) is 5.41 Å². The smallest absolute Gasteiger partial charge is 0.174 e. The lowest BCUT2D eigenvalue weighted by molar-refractivity contribution is 0.0787. The molecule has 1 saturated heterocycles. The number of carbonyl (C=O) groups excluding carboxylic acids is 1. The van der Waals surface area contributed by atoms with E-state index in [9.17, 15) is 13.6 Å². The molecule has 0 unspecified atom stereocenters. The van der Waals surface area contributed by atoms with Gasteiger partial charge in [0.05, 0.1) is 5.41 Å². The number of ketones is 1. The molecule has 0 aromatic heterocycles. The minimum absolute atomic E-state index is 0.0460. The topological polar surface area (TPSA) is 20.3 Å². The number of hydrogen-bond acceptors (Lipinski definition) is 3. The molecule has 0 saturated carbocycles. The van der Waals surface area contributed by atoms with Crippen molar-refractivity contribution in [2.75, 3.05) is 20.1 Å². The van der Waals surface area contributed by atoms with Crippen molar-refractivity contribution in [1.82, 2.24) is 4.90 Å². The van der Waals surface area contributed by atoms with Crippen LogP contribution >= 0.6 is 23.4 Å². The molecule has 0 aliphatic carbocycles. The van der Waals surface area contributed by atoms with Crippen LogP contribution in [0.5, 0.6) is 0 Å². The Hall–Kier alpha value is -1.43. The number of Topliss-reactive ketones (excluding diaryl/α,β-unsaturated/α-hetero) is 1. The number of likely N-dealkylation sites (tertiary alicyclic amines) is 1. The van der Waals surface area contributed by atoms with Crippen molar-refractivity contribution >= 4 is 29.1 Å². The number of fused-ring (bicyclic) bond motifs is 3. The molecule has 130 valence electrons. The molecule has 25 heavy (non-hydrogen) atoms. The minimum Gasteiger partial charge on any atom is -0.306 e. The molecule has 0 amide bonds. The van der Waals surface area contributed by atoms with Gasteiger partial charge in [0.2, 0.25) is 0 Å². The molecule has 2 heterocycles. The Bertz CT molecular complexity index is 878. The Kier molecular flexibility index (Phi) is 4.13. The summed E-state index contributed by atoms with van der Waals surface area (Å²) in [5.74, 6) is -1.84. The zero-order valence-electron chi connectivity index (χ0n) is 13.6. The van der Waals surface area contributed by atoms with E-state index >= 15 is 0 Å². The van der Waals surface area contributed by atoms with Gasteiger partial charge in [0.1, 0.15) is 0 Å². The third-order valence-corrected chi connectivity index (χ3v) is 6.59. The third-order valence-electron chi connectivity index (χ3n) is 5.22. The molecule has 0 radical (unpaired) electrons. The first-order chi connectivity index (χ1) is 11.9. The second kappa shape index (κ2) is 6.08. The molecular weight excluding hydrogens is 364 g/mol. The van der Waals surface area contributed by atoms with E-state index in [1.165, 1.54) is 23.9 Å². The molecule has 2 aromatic rings. The van der Waals surface area contributed by atoms with E-state index in [0.717, 1.165) is 18.0 Å². The van der Waals surface area contributed by atoms with E-state index in [0.29, 0.717) is 33.9 Å². The minimum atomic E-state index is -0.908. The van der Waals surface area contributed by atoms with Crippen LogP contribution in [0.4, 0.5) is 8.78 Å². The highest BCUT2D eigenvalue weighted by Gasteiger charge is 2.46. The molecule has 2 aliphatic rings. The van der Waals surface area contributed by atoms with E-state index < -0.39 is 17.0 Å². The van der Waals surface area contributed by atoms with Gasteiger partial charge in [-0.3, -0.25) is 4.79 Å². The summed E-state index contributed by atoms with van der Waals surface area (Å²) in [6.45, 7) is 1.45. The van der Waals surface area contributed by atoms with Gasteiger partial charge in [-0.05, 0) is 68.9 Å². The molecule has 1 spiro atoms. The van der Waals surface area contributed by atoms with Gasteiger partial charge in [0, 0.05) is 20.4 Å². The Morgan fingerprint density at radius 3 is 2.48 bits per heavy atom. The van der Waals surface area contributed by atoms with Gasteiger partial charge in [-0.1, -0.05) is 23.4 Å². The molecular formula is C19H16ClF2NOS. The first kappa shape index (κ1) is 17.0. The van der Waals surface area contributed by atoms with Gasteiger partial charge in [-0.15, -0.1) is 0 Å². The lowest BCUT2D eigenvalue weighted by atomic mass is 9.68. The molecule has 6 heteroatoms. The number of carbonyl (C=O) groups is 1. The van der Waals surface area contributed by atoms with Crippen molar-refractivity contribution in [2.45, 2.75) is 28.0 Å². The van der Waals surface area contributed by atoms with Crippen LogP contribution in [0.1, 0.15) is 28.8 Å². The quantitative estimate of drug-likeness (QED) is 0.647. The predicted molar refractivity (Wildman–Crippen MR) is 94.7 cm³/mol. The standard InChI is InChI=1S/C19H16ClF2NOS/c1-23-6-4-19(5-7-23)13-9-14(21)15(22)10-17(13)25-16-3-2-11(20)8-12(16)18(19)24/h2-3,8-10H,4-7H2,1H3. The van der Waals surface area contributed by atoms with E-state index in [-0.39, 0.29) is 5.78 Å². The van der Waals surface area contributed by atoms with Gasteiger partial charge >= 0.3 is 0 Å². The highest BCUT2D eigenvalue weighted by Crippen LogP contribution is 2.49. The molecule has 2 nitrogen and oxygen atoms in total. The molecule has 0 atom stereocenters. The highest BCUT2D eigenvalue weighted by atomic mass is 35.5. The van der Waals surface area contributed by atoms with E-state index in [1.54, 1.807) is 18.2 Å². The fourth-order valence-corrected chi connectivity index (χ4v) is 5.08. The predicted octanol–water partition coefficient (Wildman–Crippen LogP) is 4.93. The van der Waals surface area contributed by atoms with Gasteiger partial charge in [0.25, 0.3) is 0 Å². The van der Waals surface area contributed by atoms with E-state index in [2.05, 4.69) is 4.90 Å². The molecule has 0 N–H and O–H groups in total. The van der Waals surface area contributed by atoms with Gasteiger partial charge in [-0.25, -0.2) is 8.78 Å². The maximum Gasteiger partial charge on any atom is 0.174 e. The van der Waals surface area contributed by atoms with Crippen molar-refractivity contribution < 1.29 is 13.6 Å². The van der Waals surface area contributed by atoms with Crippen LogP contribution in [0.2, 0.25) is 5.02 Å². The summed E-state index contributed by atoms with van der Waals surface area (Å²) in [4.78, 5) is 17.0. The van der Waals surface area contributed by atoms with Crippen LogP contribution in [0, 0.1) is 11.6 Å².